The van der Waals surface area contributed by atoms with Crippen LogP contribution in [0.5, 0.6) is 11.5 Å². The van der Waals surface area contributed by atoms with Gasteiger partial charge in [-0.2, -0.15) is 0 Å². The highest BCUT2D eigenvalue weighted by atomic mass is 35.5. The van der Waals surface area contributed by atoms with Gasteiger partial charge in [-0.25, -0.2) is 9.79 Å². The van der Waals surface area contributed by atoms with Crippen LogP contribution >= 0.6 is 35.0 Å². The van der Waals surface area contributed by atoms with Gasteiger partial charge in [0.2, 0.25) is 0 Å². The fraction of sp³-hybridized carbons (Fsp3) is 0.121. The number of aliphatic imine (C=N–C) groups is 1. The van der Waals surface area contributed by atoms with Gasteiger partial charge in [-0.15, -0.1) is 0 Å². The lowest BCUT2D eigenvalue weighted by molar-refractivity contribution is -0.122. The summed E-state index contributed by atoms with van der Waals surface area (Å²) >= 11 is 13.9. The summed E-state index contributed by atoms with van der Waals surface area (Å²) < 4.78 is 11.9. The van der Waals surface area contributed by atoms with Crippen molar-refractivity contribution in [3.05, 3.63) is 128 Å². The number of ether oxygens (including phenoxy) is 2. The molecule has 4 aromatic carbocycles. The lowest BCUT2D eigenvalue weighted by Gasteiger charge is -2.16. The molecule has 1 aliphatic heterocycles. The van der Waals surface area contributed by atoms with Crippen LogP contribution < -0.4 is 9.47 Å². The second-order valence-corrected chi connectivity index (χ2v) is 11.3. The van der Waals surface area contributed by atoms with E-state index in [4.69, 9.17) is 37.7 Å². The molecular weight excluding hydrogens is 607 g/mol. The second-order valence-electron chi connectivity index (χ2n) is 9.41. The van der Waals surface area contributed by atoms with Crippen LogP contribution in [0.2, 0.25) is 10.0 Å². The standard InChI is InChI=1S/C33H26Cl2N2O5S/c1-2-41-28-17-23(16-27(35)30(28)42-20-22-10-14-25(34)15-11-22)18-29-31(38)37(19-21-8-12-24(13-9-21)32(39)40)33(43-29)36-26-6-4-3-5-7-26/h3-18H,2,19-20H2,1H3,(H,39,40)/b29-18-,36-33?. The van der Waals surface area contributed by atoms with E-state index in [0.29, 0.717) is 49.5 Å². The number of hydrogen-bond donors (Lipinski definition) is 1. The lowest BCUT2D eigenvalue weighted by atomic mass is 10.1. The van der Waals surface area contributed by atoms with E-state index in [-0.39, 0.29) is 24.6 Å². The molecule has 0 atom stereocenters. The van der Waals surface area contributed by atoms with Gasteiger partial charge in [0.05, 0.1) is 34.3 Å². The highest BCUT2D eigenvalue weighted by Gasteiger charge is 2.33. The Balaban J connectivity index is 1.44. The van der Waals surface area contributed by atoms with Gasteiger partial charge in [0.25, 0.3) is 5.91 Å². The summed E-state index contributed by atoms with van der Waals surface area (Å²) in [6, 6.07) is 26.6. The van der Waals surface area contributed by atoms with E-state index in [1.54, 1.807) is 47.4 Å². The summed E-state index contributed by atoms with van der Waals surface area (Å²) in [5.74, 6) is -0.384. The van der Waals surface area contributed by atoms with Gasteiger partial charge in [0.1, 0.15) is 6.61 Å². The van der Waals surface area contributed by atoms with Crippen LogP contribution in [0, 0.1) is 0 Å². The number of carboxylic acids is 1. The predicted molar refractivity (Wildman–Crippen MR) is 171 cm³/mol. The molecule has 4 aromatic rings. The number of nitrogens with zero attached hydrogens (tertiary/aromatic N) is 2. The molecule has 0 spiro atoms. The van der Waals surface area contributed by atoms with Crippen molar-refractivity contribution < 1.29 is 24.2 Å². The lowest BCUT2D eigenvalue weighted by Crippen LogP contribution is -2.28. The number of carbonyl (C=O) groups is 2. The second kappa shape index (κ2) is 13.8. The van der Waals surface area contributed by atoms with Crippen LogP contribution in [0.25, 0.3) is 6.08 Å². The zero-order chi connectivity index (χ0) is 30.3. The van der Waals surface area contributed by atoms with E-state index >= 15 is 0 Å². The van der Waals surface area contributed by atoms with Crippen LogP contribution in [0.1, 0.15) is 34.0 Å². The number of halogens is 2. The first-order chi connectivity index (χ1) is 20.8. The maximum absolute atomic E-state index is 13.7. The van der Waals surface area contributed by atoms with E-state index in [2.05, 4.69) is 0 Å². The predicted octanol–water partition coefficient (Wildman–Crippen LogP) is 8.47. The van der Waals surface area contributed by atoms with Gasteiger partial charge in [0.15, 0.2) is 16.7 Å². The van der Waals surface area contributed by atoms with E-state index < -0.39 is 5.97 Å². The van der Waals surface area contributed by atoms with Crippen LogP contribution in [0.15, 0.2) is 101 Å². The molecule has 0 saturated carbocycles. The average molecular weight is 634 g/mol. The number of hydrogen-bond acceptors (Lipinski definition) is 6. The van der Waals surface area contributed by atoms with E-state index in [0.717, 1.165) is 11.1 Å². The van der Waals surface area contributed by atoms with Crippen LogP contribution in [-0.4, -0.2) is 33.7 Å². The van der Waals surface area contributed by atoms with E-state index in [1.807, 2.05) is 49.4 Å². The van der Waals surface area contributed by atoms with Crippen molar-refractivity contribution in [1.82, 2.24) is 4.90 Å². The van der Waals surface area contributed by atoms with Gasteiger partial charge >= 0.3 is 5.97 Å². The SMILES string of the molecule is CCOc1cc(/C=C2\SC(=Nc3ccccc3)N(Cc3ccc(C(=O)O)cc3)C2=O)cc(Cl)c1OCc1ccc(Cl)cc1. The van der Waals surface area contributed by atoms with Crippen LogP contribution in [-0.2, 0) is 17.9 Å². The Morgan fingerprint density at radius 1 is 0.953 bits per heavy atom. The maximum atomic E-state index is 13.7. The Hall–Kier alpha value is -4.24. The summed E-state index contributed by atoms with van der Waals surface area (Å²) in [5.41, 5.74) is 3.23. The maximum Gasteiger partial charge on any atom is 0.335 e. The van der Waals surface area contributed by atoms with Gasteiger partial charge in [-0.05, 0) is 90.0 Å². The van der Waals surface area contributed by atoms with Crippen molar-refractivity contribution in [1.29, 1.82) is 0 Å². The number of amidine groups is 1. The molecule has 0 bridgehead atoms. The number of rotatable bonds is 10. The third-order valence-corrected chi connectivity index (χ3v) is 7.88. The molecular formula is C33H26Cl2N2O5S. The zero-order valence-electron chi connectivity index (χ0n) is 23.0. The number of para-hydroxylation sites is 1. The first kappa shape index (κ1) is 30.2. The fourth-order valence-corrected chi connectivity index (χ4v) is 5.64. The summed E-state index contributed by atoms with van der Waals surface area (Å²) in [6.07, 6.45) is 1.75. The molecule has 1 amide bonds. The summed E-state index contributed by atoms with van der Waals surface area (Å²) in [5, 5.41) is 10.7. The molecule has 1 fully saturated rings. The van der Waals surface area contributed by atoms with Crippen LogP contribution in [0.4, 0.5) is 5.69 Å². The van der Waals surface area contributed by atoms with Crippen molar-refractivity contribution in [3.8, 4) is 11.5 Å². The molecule has 10 heteroatoms. The normalized spacial score (nSPS) is 14.9. The first-order valence-corrected chi connectivity index (χ1v) is 14.9. The van der Waals surface area contributed by atoms with Crippen molar-refractivity contribution in [2.75, 3.05) is 6.61 Å². The molecule has 0 aromatic heterocycles. The number of benzene rings is 4. The zero-order valence-corrected chi connectivity index (χ0v) is 25.3. The molecule has 1 aliphatic rings. The third-order valence-electron chi connectivity index (χ3n) is 6.34. The topological polar surface area (TPSA) is 88.4 Å². The van der Waals surface area contributed by atoms with Gasteiger partial charge < -0.3 is 14.6 Å². The minimum Gasteiger partial charge on any atom is -0.490 e. The molecule has 0 radical (unpaired) electrons. The highest BCUT2D eigenvalue weighted by molar-refractivity contribution is 8.18. The van der Waals surface area contributed by atoms with Crippen molar-refractivity contribution >= 4 is 63.8 Å². The summed E-state index contributed by atoms with van der Waals surface area (Å²) in [7, 11) is 0. The smallest absolute Gasteiger partial charge is 0.335 e. The Labute approximate surface area is 263 Å². The Kier molecular flexibility index (Phi) is 9.72. The first-order valence-electron chi connectivity index (χ1n) is 13.3. The Morgan fingerprint density at radius 2 is 1.65 bits per heavy atom. The van der Waals surface area contributed by atoms with Crippen molar-refractivity contribution in [2.24, 2.45) is 4.99 Å². The number of thioether (sulfide) groups is 1. The average Bonchev–Trinajstić information content (AvgIpc) is 3.27. The largest absolute Gasteiger partial charge is 0.490 e. The monoisotopic (exact) mass is 632 g/mol. The Morgan fingerprint density at radius 3 is 2.33 bits per heavy atom. The summed E-state index contributed by atoms with van der Waals surface area (Å²) in [4.78, 5) is 31.7. The van der Waals surface area contributed by atoms with E-state index in [9.17, 15) is 14.7 Å². The third kappa shape index (κ3) is 7.59. The number of amides is 1. The highest BCUT2D eigenvalue weighted by Crippen LogP contribution is 2.40. The fourth-order valence-electron chi connectivity index (χ4n) is 4.24. The molecule has 1 N–H and O–H groups in total. The molecule has 218 valence electrons. The quantitative estimate of drug-likeness (QED) is 0.176. The van der Waals surface area contributed by atoms with Gasteiger partial charge in [0, 0.05) is 5.02 Å². The number of carbonyl (C=O) groups excluding carboxylic acids is 1. The summed E-state index contributed by atoms with van der Waals surface area (Å²) in [6.45, 7) is 2.75. The molecule has 43 heavy (non-hydrogen) atoms. The molecule has 5 rings (SSSR count). The molecule has 0 unspecified atom stereocenters. The molecule has 0 aliphatic carbocycles. The van der Waals surface area contributed by atoms with E-state index in [1.165, 1.54) is 23.9 Å². The van der Waals surface area contributed by atoms with Crippen molar-refractivity contribution in [2.45, 2.75) is 20.1 Å². The van der Waals surface area contributed by atoms with Gasteiger partial charge in [-0.1, -0.05) is 65.7 Å². The van der Waals surface area contributed by atoms with Gasteiger partial charge in [-0.3, -0.25) is 9.69 Å². The number of carboxylic acid groups (broad SMARTS) is 1. The molecule has 7 nitrogen and oxygen atoms in total. The molecule has 1 saturated heterocycles. The minimum atomic E-state index is -1.01. The molecule has 1 heterocycles. The van der Waals surface area contributed by atoms with Crippen molar-refractivity contribution in [3.63, 3.8) is 0 Å². The Bertz CT molecular complexity index is 1690. The minimum absolute atomic E-state index is 0.173. The van der Waals surface area contributed by atoms with Crippen LogP contribution in [0.3, 0.4) is 0 Å². The number of aromatic carboxylic acids is 1.